The molecule has 1 heterocycles. The smallest absolute Gasteiger partial charge is 0.222 e. The Balaban J connectivity index is 2.06. The largest absolute Gasteiger partial charge is 0.369 e. The van der Waals surface area contributed by atoms with Gasteiger partial charge in [-0.2, -0.15) is 0 Å². The molecule has 20 heavy (non-hydrogen) atoms. The number of hydrogen-bond donors (Lipinski definition) is 2. The van der Waals surface area contributed by atoms with Crippen LogP contribution >= 0.6 is 0 Å². The van der Waals surface area contributed by atoms with E-state index in [-0.39, 0.29) is 11.8 Å². The Morgan fingerprint density at radius 2 is 2.05 bits per heavy atom. The summed E-state index contributed by atoms with van der Waals surface area (Å²) in [6.45, 7) is 6.93. The maximum absolute atomic E-state index is 11.4. The van der Waals surface area contributed by atoms with Gasteiger partial charge in [-0.05, 0) is 44.0 Å². The Kier molecular flexibility index (Phi) is 5.01. The number of nitrogens with one attached hydrogen (secondary N) is 1. The highest BCUT2D eigenvalue weighted by molar-refractivity contribution is 5.77. The van der Waals surface area contributed by atoms with E-state index in [1.54, 1.807) is 0 Å². The Morgan fingerprint density at radius 1 is 1.35 bits per heavy atom. The van der Waals surface area contributed by atoms with E-state index >= 15 is 0 Å². The number of rotatable bonds is 5. The molecule has 1 aliphatic heterocycles. The normalized spacial score (nSPS) is 22.8. The summed E-state index contributed by atoms with van der Waals surface area (Å²) < 4.78 is 0. The molecule has 0 aliphatic carbocycles. The van der Waals surface area contributed by atoms with E-state index in [0.29, 0.717) is 6.04 Å². The van der Waals surface area contributed by atoms with Crippen molar-refractivity contribution >= 4 is 11.6 Å². The van der Waals surface area contributed by atoms with Crippen LogP contribution in [0.1, 0.15) is 32.3 Å². The van der Waals surface area contributed by atoms with E-state index in [1.807, 2.05) is 0 Å². The first kappa shape index (κ1) is 14.9. The minimum absolute atomic E-state index is 0.0207. The van der Waals surface area contributed by atoms with Crippen LogP contribution in [0.5, 0.6) is 0 Å². The first-order chi connectivity index (χ1) is 9.61. The van der Waals surface area contributed by atoms with Crippen molar-refractivity contribution < 1.29 is 4.79 Å². The second-order valence-electron chi connectivity index (χ2n) is 5.62. The third-order valence-electron chi connectivity index (χ3n) is 4.13. The minimum Gasteiger partial charge on any atom is -0.369 e. The Morgan fingerprint density at radius 3 is 2.65 bits per heavy atom. The van der Waals surface area contributed by atoms with Crippen molar-refractivity contribution in [2.45, 2.75) is 39.3 Å². The summed E-state index contributed by atoms with van der Waals surface area (Å²) in [5.41, 5.74) is 7.93. The topological polar surface area (TPSA) is 58.4 Å². The third kappa shape index (κ3) is 3.51. The molecule has 2 atom stereocenters. The highest BCUT2D eigenvalue weighted by Crippen LogP contribution is 2.27. The van der Waals surface area contributed by atoms with Gasteiger partial charge in [-0.1, -0.05) is 19.1 Å². The highest BCUT2D eigenvalue weighted by Gasteiger charge is 2.28. The predicted octanol–water partition coefficient (Wildman–Crippen LogP) is 1.89. The summed E-state index contributed by atoms with van der Waals surface area (Å²) in [5.74, 6) is -0.196. The molecule has 1 saturated heterocycles. The summed E-state index contributed by atoms with van der Waals surface area (Å²) in [7, 11) is 0. The van der Waals surface area contributed by atoms with Gasteiger partial charge in [-0.15, -0.1) is 0 Å². The van der Waals surface area contributed by atoms with Crippen molar-refractivity contribution in [1.29, 1.82) is 0 Å². The lowest BCUT2D eigenvalue weighted by atomic mass is 9.92. The summed E-state index contributed by atoms with van der Waals surface area (Å²) in [6, 6.07) is 9.06. The second-order valence-corrected chi connectivity index (χ2v) is 5.62. The fourth-order valence-electron chi connectivity index (χ4n) is 2.77. The number of hydrogen-bond acceptors (Lipinski definition) is 3. The van der Waals surface area contributed by atoms with Gasteiger partial charge >= 0.3 is 0 Å². The molecular weight excluding hydrogens is 250 g/mol. The molecule has 1 amide bonds. The zero-order valence-electron chi connectivity index (χ0n) is 12.4. The quantitative estimate of drug-likeness (QED) is 0.862. The monoisotopic (exact) mass is 275 g/mol. The average molecular weight is 275 g/mol. The SMILES string of the molecule is CCNCc1ccc(N2CC(C(N)=O)CCC2C)cc1. The fourth-order valence-corrected chi connectivity index (χ4v) is 2.77. The molecule has 0 bridgehead atoms. The fraction of sp³-hybridized carbons (Fsp3) is 0.562. The molecule has 4 heteroatoms. The average Bonchev–Trinajstić information content (AvgIpc) is 2.46. The van der Waals surface area contributed by atoms with Crippen LogP contribution in [0.2, 0.25) is 0 Å². The lowest BCUT2D eigenvalue weighted by Gasteiger charge is -2.38. The second kappa shape index (κ2) is 6.75. The Bertz CT molecular complexity index is 444. The molecule has 0 spiro atoms. The highest BCUT2D eigenvalue weighted by atomic mass is 16.1. The van der Waals surface area contributed by atoms with E-state index in [0.717, 1.165) is 32.5 Å². The van der Waals surface area contributed by atoms with E-state index in [4.69, 9.17) is 5.73 Å². The van der Waals surface area contributed by atoms with Gasteiger partial charge in [0.25, 0.3) is 0 Å². The van der Waals surface area contributed by atoms with Crippen molar-refractivity contribution in [3.8, 4) is 0 Å². The van der Waals surface area contributed by atoms with Gasteiger partial charge in [0.15, 0.2) is 0 Å². The van der Waals surface area contributed by atoms with Crippen molar-refractivity contribution in [2.75, 3.05) is 18.0 Å². The van der Waals surface area contributed by atoms with Crippen molar-refractivity contribution in [2.24, 2.45) is 11.7 Å². The van der Waals surface area contributed by atoms with Gasteiger partial charge in [0.1, 0.15) is 0 Å². The maximum atomic E-state index is 11.4. The van der Waals surface area contributed by atoms with Crippen LogP contribution in [0.25, 0.3) is 0 Å². The summed E-state index contributed by atoms with van der Waals surface area (Å²) in [6.07, 6.45) is 1.93. The van der Waals surface area contributed by atoms with Gasteiger partial charge in [0.2, 0.25) is 5.91 Å². The van der Waals surface area contributed by atoms with E-state index < -0.39 is 0 Å². The predicted molar refractivity (Wildman–Crippen MR) is 82.5 cm³/mol. The molecule has 1 aromatic carbocycles. The molecule has 2 unspecified atom stereocenters. The molecule has 0 saturated carbocycles. The van der Waals surface area contributed by atoms with Gasteiger partial charge in [-0.25, -0.2) is 0 Å². The van der Waals surface area contributed by atoms with E-state index in [1.165, 1.54) is 11.3 Å². The number of piperidine rings is 1. The molecule has 0 aromatic heterocycles. The molecule has 1 aromatic rings. The van der Waals surface area contributed by atoms with Crippen LogP contribution in [0, 0.1) is 5.92 Å². The van der Waals surface area contributed by atoms with Crippen LogP contribution in [0.3, 0.4) is 0 Å². The number of carbonyl (C=O) groups is 1. The van der Waals surface area contributed by atoms with Crippen LogP contribution < -0.4 is 16.0 Å². The van der Waals surface area contributed by atoms with Crippen molar-refractivity contribution in [3.63, 3.8) is 0 Å². The number of primary amides is 1. The van der Waals surface area contributed by atoms with Gasteiger partial charge in [-0.3, -0.25) is 4.79 Å². The molecule has 1 fully saturated rings. The number of benzene rings is 1. The van der Waals surface area contributed by atoms with E-state index in [2.05, 4.69) is 48.3 Å². The van der Waals surface area contributed by atoms with Crippen LogP contribution in [-0.4, -0.2) is 25.0 Å². The Labute approximate surface area is 121 Å². The van der Waals surface area contributed by atoms with Gasteiger partial charge in [0.05, 0.1) is 5.92 Å². The Hall–Kier alpha value is -1.55. The standard InChI is InChI=1S/C16H25N3O/c1-3-18-10-13-5-8-15(9-6-13)19-11-14(16(17)20)7-4-12(19)2/h5-6,8-9,12,14,18H,3-4,7,10-11H2,1-2H3,(H2,17,20). The van der Waals surface area contributed by atoms with Crippen molar-refractivity contribution in [3.05, 3.63) is 29.8 Å². The van der Waals surface area contributed by atoms with Crippen molar-refractivity contribution in [1.82, 2.24) is 5.32 Å². The summed E-state index contributed by atoms with van der Waals surface area (Å²) in [5, 5.41) is 3.32. The maximum Gasteiger partial charge on any atom is 0.222 e. The molecule has 0 radical (unpaired) electrons. The number of nitrogens with two attached hydrogens (primary N) is 1. The lowest BCUT2D eigenvalue weighted by molar-refractivity contribution is -0.122. The number of nitrogens with zero attached hydrogens (tertiary/aromatic N) is 1. The van der Waals surface area contributed by atoms with Gasteiger partial charge in [0, 0.05) is 24.8 Å². The first-order valence-electron chi connectivity index (χ1n) is 7.47. The third-order valence-corrected chi connectivity index (χ3v) is 4.13. The van der Waals surface area contributed by atoms with Crippen LogP contribution in [0.15, 0.2) is 24.3 Å². The minimum atomic E-state index is -0.175. The zero-order valence-corrected chi connectivity index (χ0v) is 12.4. The molecule has 3 N–H and O–H groups in total. The lowest BCUT2D eigenvalue weighted by Crippen LogP contribution is -2.45. The summed E-state index contributed by atoms with van der Waals surface area (Å²) in [4.78, 5) is 13.7. The van der Waals surface area contributed by atoms with Crippen LogP contribution in [0.4, 0.5) is 5.69 Å². The summed E-state index contributed by atoms with van der Waals surface area (Å²) >= 11 is 0. The molecule has 2 rings (SSSR count). The van der Waals surface area contributed by atoms with Gasteiger partial charge < -0.3 is 16.0 Å². The number of amides is 1. The van der Waals surface area contributed by atoms with Crippen LogP contribution in [-0.2, 0) is 11.3 Å². The van der Waals surface area contributed by atoms with E-state index in [9.17, 15) is 4.79 Å². The number of carbonyl (C=O) groups excluding carboxylic acids is 1. The first-order valence-corrected chi connectivity index (χ1v) is 7.47. The molecule has 110 valence electrons. The molecular formula is C16H25N3O. The molecule has 4 nitrogen and oxygen atoms in total. The number of anilines is 1. The zero-order chi connectivity index (χ0) is 14.5. The molecule has 1 aliphatic rings.